The van der Waals surface area contributed by atoms with E-state index in [1.54, 1.807) is 6.07 Å². The Labute approximate surface area is 140 Å². The minimum atomic E-state index is -0.506. The first-order valence-corrected chi connectivity index (χ1v) is 7.51. The zero-order chi connectivity index (χ0) is 17.2. The average Bonchev–Trinajstić information content (AvgIpc) is 3.12. The topological polar surface area (TPSA) is 100 Å². The van der Waals surface area contributed by atoms with Gasteiger partial charge in [-0.05, 0) is 27.3 Å². The molecule has 25 heavy (non-hydrogen) atoms. The van der Waals surface area contributed by atoms with Gasteiger partial charge in [-0.1, -0.05) is 30.3 Å². The van der Waals surface area contributed by atoms with E-state index in [9.17, 15) is 9.59 Å². The van der Waals surface area contributed by atoms with Crippen molar-refractivity contribution >= 4 is 27.7 Å². The third-order valence-corrected chi connectivity index (χ3v) is 3.79. The Morgan fingerprint density at radius 3 is 2.92 bits per heavy atom. The van der Waals surface area contributed by atoms with Crippen LogP contribution in [0.1, 0.15) is 5.56 Å². The number of rotatable bonds is 4. The van der Waals surface area contributed by atoms with E-state index in [-0.39, 0.29) is 13.2 Å². The number of fused-ring (bicyclic) bond motifs is 3. The average molecular weight is 336 g/mol. The summed E-state index contributed by atoms with van der Waals surface area (Å²) in [4.78, 5) is 23.7. The van der Waals surface area contributed by atoms with Crippen molar-refractivity contribution in [3.8, 4) is 0 Å². The van der Waals surface area contributed by atoms with Gasteiger partial charge in [0.25, 0.3) is 0 Å². The third-order valence-electron chi connectivity index (χ3n) is 3.79. The lowest BCUT2D eigenvalue weighted by Crippen LogP contribution is -2.14. The van der Waals surface area contributed by atoms with E-state index in [1.165, 1.54) is 17.1 Å². The lowest BCUT2D eigenvalue weighted by Gasteiger charge is -2.09. The van der Waals surface area contributed by atoms with Crippen LogP contribution in [0.5, 0.6) is 0 Å². The fourth-order valence-electron chi connectivity index (χ4n) is 2.72. The second-order valence-electron chi connectivity index (χ2n) is 5.42. The predicted molar refractivity (Wildman–Crippen MR) is 87.6 cm³/mol. The summed E-state index contributed by atoms with van der Waals surface area (Å²) in [5, 5.41) is 13.2. The number of hydrogen-bond acceptors (Lipinski definition) is 7. The summed E-state index contributed by atoms with van der Waals surface area (Å²) in [6.07, 6.45) is 1.32. The highest BCUT2D eigenvalue weighted by Gasteiger charge is 2.12. The number of hydrogen-bond donors (Lipinski definition) is 0. The molecule has 0 spiro atoms. The summed E-state index contributed by atoms with van der Waals surface area (Å²) in [6, 6.07) is 12.7. The van der Waals surface area contributed by atoms with Gasteiger partial charge in [0.15, 0.2) is 0 Å². The molecule has 0 aliphatic rings. The minimum absolute atomic E-state index is 0.0446. The van der Waals surface area contributed by atoms with Crippen LogP contribution in [0.2, 0.25) is 0 Å². The van der Waals surface area contributed by atoms with Crippen molar-refractivity contribution in [1.29, 1.82) is 0 Å². The van der Waals surface area contributed by atoms with E-state index in [0.717, 1.165) is 16.2 Å². The van der Waals surface area contributed by atoms with E-state index in [0.29, 0.717) is 11.1 Å². The van der Waals surface area contributed by atoms with Crippen molar-refractivity contribution in [3.05, 3.63) is 64.8 Å². The smallest absolute Gasteiger partial charge is 0.336 e. The molecule has 0 fully saturated rings. The van der Waals surface area contributed by atoms with E-state index >= 15 is 0 Å². The Hall–Kier alpha value is -3.55. The Morgan fingerprint density at radius 2 is 2.08 bits per heavy atom. The van der Waals surface area contributed by atoms with Crippen LogP contribution in [-0.2, 0) is 22.7 Å². The van der Waals surface area contributed by atoms with Gasteiger partial charge >= 0.3 is 11.6 Å². The molecule has 0 amide bonds. The second kappa shape index (κ2) is 6.16. The Morgan fingerprint density at radius 1 is 1.20 bits per heavy atom. The lowest BCUT2D eigenvalue weighted by molar-refractivity contribution is -0.145. The number of benzene rings is 2. The number of ether oxygens (including phenoxy) is 1. The molecule has 124 valence electrons. The van der Waals surface area contributed by atoms with Crippen molar-refractivity contribution in [3.63, 3.8) is 0 Å². The summed E-state index contributed by atoms with van der Waals surface area (Å²) in [5.41, 5.74) is 0.556. The highest BCUT2D eigenvalue weighted by molar-refractivity contribution is 6.07. The minimum Gasteiger partial charge on any atom is -0.459 e. The molecule has 0 aliphatic heterocycles. The van der Waals surface area contributed by atoms with Crippen LogP contribution in [0, 0.1) is 0 Å². The standard InChI is InChI=1S/C17H12N4O4/c22-15-7-12(9-24-16(23)8-21-10-18-19-20-21)17-13-4-2-1-3-11(13)5-6-14(17)25-15/h1-7,10H,8-9H2. The molecule has 0 N–H and O–H groups in total. The van der Waals surface area contributed by atoms with Crippen molar-refractivity contribution in [1.82, 2.24) is 20.2 Å². The second-order valence-corrected chi connectivity index (χ2v) is 5.42. The molecule has 0 aliphatic carbocycles. The zero-order valence-electron chi connectivity index (χ0n) is 13.0. The number of tetrazole rings is 1. The van der Waals surface area contributed by atoms with Crippen molar-refractivity contribution < 1.29 is 13.9 Å². The molecule has 2 heterocycles. The van der Waals surface area contributed by atoms with Gasteiger partial charge in [-0.25, -0.2) is 9.48 Å². The Bertz CT molecular complexity index is 1120. The van der Waals surface area contributed by atoms with E-state index in [4.69, 9.17) is 9.15 Å². The van der Waals surface area contributed by atoms with Gasteiger partial charge in [0.05, 0.1) is 0 Å². The molecule has 2 aromatic carbocycles. The van der Waals surface area contributed by atoms with Crippen molar-refractivity contribution in [2.45, 2.75) is 13.2 Å². The van der Waals surface area contributed by atoms with Crippen LogP contribution in [0.15, 0.2) is 58.0 Å². The van der Waals surface area contributed by atoms with Gasteiger partial charge in [-0.3, -0.25) is 4.79 Å². The number of carbonyl (C=O) groups is 1. The van der Waals surface area contributed by atoms with E-state index < -0.39 is 11.6 Å². The maximum absolute atomic E-state index is 11.9. The molecule has 4 aromatic rings. The van der Waals surface area contributed by atoms with Crippen LogP contribution >= 0.6 is 0 Å². The molecule has 0 atom stereocenters. The molecule has 0 unspecified atom stereocenters. The summed E-state index contributed by atoms with van der Waals surface area (Å²) < 4.78 is 11.8. The maximum Gasteiger partial charge on any atom is 0.336 e. The number of carbonyl (C=O) groups excluding carboxylic acids is 1. The van der Waals surface area contributed by atoms with E-state index in [1.807, 2.05) is 30.3 Å². The molecule has 0 radical (unpaired) electrons. The van der Waals surface area contributed by atoms with Crippen LogP contribution in [0.4, 0.5) is 0 Å². The Balaban J connectivity index is 1.69. The predicted octanol–water partition coefficient (Wildman–Crippen LogP) is 1.68. The molecule has 8 nitrogen and oxygen atoms in total. The molecule has 0 bridgehead atoms. The van der Waals surface area contributed by atoms with Gasteiger partial charge in [0.1, 0.15) is 25.1 Å². The molecular formula is C17H12N4O4. The highest BCUT2D eigenvalue weighted by atomic mass is 16.5. The normalized spacial score (nSPS) is 11.0. The van der Waals surface area contributed by atoms with Gasteiger partial charge in [-0.15, -0.1) is 5.10 Å². The number of nitrogens with zero attached hydrogens (tertiary/aromatic N) is 4. The van der Waals surface area contributed by atoms with Gasteiger partial charge in [0.2, 0.25) is 0 Å². The fourth-order valence-corrected chi connectivity index (χ4v) is 2.72. The van der Waals surface area contributed by atoms with Crippen molar-refractivity contribution in [2.24, 2.45) is 0 Å². The molecule has 0 saturated heterocycles. The Kier molecular flexibility index (Phi) is 3.70. The first-order valence-electron chi connectivity index (χ1n) is 7.51. The highest BCUT2D eigenvalue weighted by Crippen LogP contribution is 2.27. The van der Waals surface area contributed by atoms with Crippen LogP contribution in [0.25, 0.3) is 21.7 Å². The van der Waals surface area contributed by atoms with Crippen LogP contribution in [-0.4, -0.2) is 26.2 Å². The van der Waals surface area contributed by atoms with Crippen LogP contribution in [0.3, 0.4) is 0 Å². The maximum atomic E-state index is 11.9. The zero-order valence-corrected chi connectivity index (χ0v) is 13.0. The quantitative estimate of drug-likeness (QED) is 0.317. The number of aromatic nitrogens is 4. The first-order chi connectivity index (χ1) is 12.2. The molecular weight excluding hydrogens is 324 g/mol. The summed E-state index contributed by atoms with van der Waals surface area (Å²) in [7, 11) is 0. The molecule has 8 heteroatoms. The SMILES string of the molecule is O=C(Cn1cnnn1)OCc1cc(=O)oc2ccc3ccccc3c12. The van der Waals surface area contributed by atoms with Crippen LogP contribution < -0.4 is 5.63 Å². The molecule has 2 aromatic heterocycles. The largest absolute Gasteiger partial charge is 0.459 e. The first kappa shape index (κ1) is 15.0. The molecule has 0 saturated carbocycles. The molecule has 4 rings (SSSR count). The van der Waals surface area contributed by atoms with Gasteiger partial charge in [-0.2, -0.15) is 0 Å². The van der Waals surface area contributed by atoms with Gasteiger partial charge < -0.3 is 9.15 Å². The van der Waals surface area contributed by atoms with Gasteiger partial charge in [0, 0.05) is 17.0 Å². The van der Waals surface area contributed by atoms with E-state index in [2.05, 4.69) is 15.5 Å². The summed E-state index contributed by atoms with van der Waals surface area (Å²) in [5.74, 6) is -0.506. The lowest BCUT2D eigenvalue weighted by atomic mass is 10.0. The monoisotopic (exact) mass is 336 g/mol. The number of esters is 1. The summed E-state index contributed by atoms with van der Waals surface area (Å²) in [6.45, 7) is -0.149. The summed E-state index contributed by atoms with van der Waals surface area (Å²) >= 11 is 0. The third kappa shape index (κ3) is 2.97. The van der Waals surface area contributed by atoms with Crippen molar-refractivity contribution in [2.75, 3.05) is 0 Å². The fraction of sp³-hybridized carbons (Fsp3) is 0.118.